The van der Waals surface area contributed by atoms with Crippen LogP contribution in [0, 0.1) is 6.92 Å². The molecule has 130 valence electrons. The summed E-state index contributed by atoms with van der Waals surface area (Å²) in [5.74, 6) is 1.33. The van der Waals surface area contributed by atoms with Crippen molar-refractivity contribution in [1.82, 2.24) is 9.78 Å². The number of benzene rings is 2. The second-order valence-corrected chi connectivity index (χ2v) is 6.79. The first-order valence-corrected chi connectivity index (χ1v) is 8.70. The minimum absolute atomic E-state index is 0.0606. The molecule has 0 radical (unpaired) electrons. The van der Waals surface area contributed by atoms with E-state index in [0.717, 1.165) is 33.7 Å². The van der Waals surface area contributed by atoms with Crippen molar-refractivity contribution in [3.8, 4) is 17.0 Å². The fraction of sp³-hybridized carbons (Fsp3) is 0.143. The fourth-order valence-electron chi connectivity index (χ4n) is 3.13. The van der Waals surface area contributed by atoms with Gasteiger partial charge in [0.2, 0.25) is 0 Å². The molecule has 3 aromatic rings. The van der Waals surface area contributed by atoms with E-state index < -0.39 is 0 Å². The van der Waals surface area contributed by atoms with Gasteiger partial charge in [0.25, 0.3) is 0 Å². The molecule has 0 saturated carbocycles. The van der Waals surface area contributed by atoms with Crippen molar-refractivity contribution >= 4 is 23.1 Å². The van der Waals surface area contributed by atoms with Gasteiger partial charge in [-0.3, -0.25) is 9.48 Å². The van der Waals surface area contributed by atoms with Gasteiger partial charge in [-0.1, -0.05) is 42.4 Å². The number of aryl methyl sites for hydroxylation is 1. The maximum atomic E-state index is 12.6. The number of ketones is 1. The van der Waals surface area contributed by atoms with E-state index in [1.54, 1.807) is 10.9 Å². The van der Waals surface area contributed by atoms with Crippen molar-refractivity contribution in [3.63, 3.8) is 0 Å². The highest BCUT2D eigenvalue weighted by Gasteiger charge is 2.25. The fourth-order valence-corrected chi connectivity index (χ4v) is 3.33. The molecule has 4 nitrogen and oxygen atoms in total. The van der Waals surface area contributed by atoms with Crippen LogP contribution in [0.25, 0.3) is 17.0 Å². The minimum Gasteiger partial charge on any atom is -0.457 e. The van der Waals surface area contributed by atoms with E-state index >= 15 is 0 Å². The number of aromatic nitrogens is 2. The Labute approximate surface area is 156 Å². The predicted octanol–water partition coefficient (Wildman–Crippen LogP) is 4.69. The molecule has 0 saturated heterocycles. The standard InChI is InChI=1S/C21H17ClN2O2/c1-13-7-8-15(10-19(13)22)9-16(25)12-24-21-17-5-3-4-6-20(17)26-14(2)18(21)11-23-24/h3-8,10-11H,2,9,12H2,1H3. The third kappa shape index (κ3) is 2.93. The summed E-state index contributed by atoms with van der Waals surface area (Å²) >= 11 is 6.15. The number of nitrogens with zero attached hydrogens (tertiary/aromatic N) is 2. The molecule has 0 unspecified atom stereocenters. The van der Waals surface area contributed by atoms with Crippen molar-refractivity contribution in [2.75, 3.05) is 0 Å². The van der Waals surface area contributed by atoms with E-state index in [9.17, 15) is 4.79 Å². The Hall–Kier alpha value is -2.85. The molecule has 26 heavy (non-hydrogen) atoms. The lowest BCUT2D eigenvalue weighted by Gasteiger charge is -2.20. The normalized spacial score (nSPS) is 12.3. The van der Waals surface area contributed by atoms with E-state index in [2.05, 4.69) is 11.7 Å². The Balaban J connectivity index is 1.61. The Bertz CT molecular complexity index is 1040. The molecule has 2 aromatic carbocycles. The second-order valence-electron chi connectivity index (χ2n) is 6.38. The third-order valence-electron chi connectivity index (χ3n) is 4.48. The van der Waals surface area contributed by atoms with Crippen molar-refractivity contribution < 1.29 is 9.53 Å². The molecular weight excluding hydrogens is 348 g/mol. The zero-order valence-corrected chi connectivity index (χ0v) is 15.1. The van der Waals surface area contributed by atoms with Crippen LogP contribution < -0.4 is 4.74 Å². The molecule has 0 spiro atoms. The number of para-hydroxylation sites is 1. The van der Waals surface area contributed by atoms with Gasteiger partial charge in [0.15, 0.2) is 5.78 Å². The number of fused-ring (bicyclic) bond motifs is 3. The third-order valence-corrected chi connectivity index (χ3v) is 4.89. The maximum Gasteiger partial charge on any atom is 0.158 e. The molecule has 1 aliphatic heterocycles. The van der Waals surface area contributed by atoms with Crippen LogP contribution in [0.2, 0.25) is 5.02 Å². The van der Waals surface area contributed by atoms with Gasteiger partial charge in [0.1, 0.15) is 18.1 Å². The summed E-state index contributed by atoms with van der Waals surface area (Å²) in [7, 11) is 0. The van der Waals surface area contributed by atoms with Crippen molar-refractivity contribution in [3.05, 3.63) is 77.0 Å². The number of hydrogen-bond donors (Lipinski definition) is 0. The topological polar surface area (TPSA) is 44.1 Å². The van der Waals surface area contributed by atoms with Gasteiger partial charge in [0, 0.05) is 17.0 Å². The number of rotatable bonds is 4. The Kier molecular flexibility index (Phi) is 4.13. The van der Waals surface area contributed by atoms with Crippen LogP contribution in [0.15, 0.2) is 55.2 Å². The number of carbonyl (C=O) groups is 1. The van der Waals surface area contributed by atoms with Crippen molar-refractivity contribution in [2.45, 2.75) is 19.9 Å². The van der Waals surface area contributed by atoms with Gasteiger partial charge >= 0.3 is 0 Å². The first kappa shape index (κ1) is 16.6. The van der Waals surface area contributed by atoms with Gasteiger partial charge in [-0.05, 0) is 36.2 Å². The summed E-state index contributed by atoms with van der Waals surface area (Å²) in [6.45, 7) is 6.08. The van der Waals surface area contributed by atoms with Crippen LogP contribution in [0.5, 0.6) is 5.75 Å². The average molecular weight is 365 g/mol. The molecule has 4 rings (SSSR count). The van der Waals surface area contributed by atoms with Gasteiger partial charge in [-0.2, -0.15) is 5.10 Å². The number of carbonyl (C=O) groups excluding carboxylic acids is 1. The average Bonchev–Trinajstić information content (AvgIpc) is 3.03. The van der Waals surface area contributed by atoms with Crippen LogP contribution >= 0.6 is 11.6 Å². The molecule has 1 aliphatic rings. The molecule has 0 bridgehead atoms. The van der Waals surface area contributed by atoms with Crippen LogP contribution in [0.3, 0.4) is 0 Å². The number of halogens is 1. The molecule has 5 heteroatoms. The number of ether oxygens (including phenoxy) is 1. The molecule has 0 aliphatic carbocycles. The first-order valence-electron chi connectivity index (χ1n) is 8.32. The molecule has 0 amide bonds. The highest BCUT2D eigenvalue weighted by atomic mass is 35.5. The Morgan fingerprint density at radius 3 is 2.85 bits per heavy atom. The van der Waals surface area contributed by atoms with Crippen LogP contribution in [0.1, 0.15) is 16.7 Å². The number of hydrogen-bond acceptors (Lipinski definition) is 3. The highest BCUT2D eigenvalue weighted by molar-refractivity contribution is 6.31. The van der Waals surface area contributed by atoms with Crippen LogP contribution in [0.4, 0.5) is 0 Å². The molecule has 0 atom stereocenters. The van der Waals surface area contributed by atoms with Gasteiger partial charge in [0.05, 0.1) is 17.5 Å². The zero-order valence-electron chi connectivity index (χ0n) is 14.3. The first-order chi connectivity index (χ1) is 12.5. The summed E-state index contributed by atoms with van der Waals surface area (Å²) < 4.78 is 7.47. The summed E-state index contributed by atoms with van der Waals surface area (Å²) in [5.41, 5.74) is 4.50. The molecule has 0 N–H and O–H groups in total. The Morgan fingerprint density at radius 1 is 1.23 bits per heavy atom. The highest BCUT2D eigenvalue weighted by Crippen LogP contribution is 2.41. The SMILES string of the molecule is C=C1Oc2ccccc2-c2c1cnn2CC(=O)Cc1ccc(C)c(Cl)c1. The summed E-state index contributed by atoms with van der Waals surface area (Å²) in [6.07, 6.45) is 2.01. The van der Waals surface area contributed by atoms with E-state index in [0.29, 0.717) is 17.2 Å². The van der Waals surface area contributed by atoms with E-state index in [1.165, 1.54) is 0 Å². The summed E-state index contributed by atoms with van der Waals surface area (Å²) in [6, 6.07) is 13.4. The second kappa shape index (κ2) is 6.46. The molecular formula is C21H17ClN2O2. The van der Waals surface area contributed by atoms with E-state index in [-0.39, 0.29) is 12.3 Å². The van der Waals surface area contributed by atoms with Gasteiger partial charge < -0.3 is 4.74 Å². The maximum absolute atomic E-state index is 12.6. The van der Waals surface area contributed by atoms with Crippen molar-refractivity contribution in [2.24, 2.45) is 0 Å². The molecule has 2 heterocycles. The lowest BCUT2D eigenvalue weighted by molar-refractivity contribution is -0.119. The lowest BCUT2D eigenvalue weighted by Crippen LogP contribution is -2.16. The Morgan fingerprint density at radius 2 is 2.04 bits per heavy atom. The van der Waals surface area contributed by atoms with Crippen LogP contribution in [-0.4, -0.2) is 15.6 Å². The summed E-state index contributed by atoms with van der Waals surface area (Å²) in [4.78, 5) is 12.6. The minimum atomic E-state index is 0.0606. The smallest absolute Gasteiger partial charge is 0.158 e. The lowest BCUT2D eigenvalue weighted by atomic mass is 10.0. The van der Waals surface area contributed by atoms with Gasteiger partial charge in [-0.15, -0.1) is 0 Å². The number of Topliss-reactive ketones (excluding diaryl/α,β-unsaturated/α-hetero) is 1. The van der Waals surface area contributed by atoms with E-state index in [4.69, 9.17) is 16.3 Å². The molecule has 0 fully saturated rings. The van der Waals surface area contributed by atoms with Crippen molar-refractivity contribution in [1.29, 1.82) is 0 Å². The summed E-state index contributed by atoms with van der Waals surface area (Å²) in [5, 5.41) is 5.06. The quantitative estimate of drug-likeness (QED) is 0.674. The largest absolute Gasteiger partial charge is 0.457 e. The monoisotopic (exact) mass is 364 g/mol. The van der Waals surface area contributed by atoms with Gasteiger partial charge in [-0.25, -0.2) is 0 Å². The van der Waals surface area contributed by atoms with E-state index in [1.807, 2.05) is 49.4 Å². The predicted molar refractivity (Wildman–Crippen MR) is 102 cm³/mol. The zero-order chi connectivity index (χ0) is 18.3. The molecule has 1 aromatic heterocycles. The van der Waals surface area contributed by atoms with Crippen LogP contribution in [-0.2, 0) is 17.8 Å².